The molecule has 1 aromatic rings. The summed E-state index contributed by atoms with van der Waals surface area (Å²) in [5.74, 6) is 0.00633. The van der Waals surface area contributed by atoms with Gasteiger partial charge in [-0.1, -0.05) is 13.8 Å². The van der Waals surface area contributed by atoms with Gasteiger partial charge in [-0.05, 0) is 30.5 Å². The van der Waals surface area contributed by atoms with Crippen molar-refractivity contribution in [1.82, 2.24) is 4.31 Å². The average molecular weight is 312 g/mol. The largest absolute Gasteiger partial charge is 0.399 e. The minimum Gasteiger partial charge on any atom is -0.399 e. The van der Waals surface area contributed by atoms with Gasteiger partial charge in [0.1, 0.15) is 4.90 Å². The SMILES string of the molecule is CC(C)CCOCCN1C(=O)c2ccc(N)cc2S1(=O)=O. The summed E-state index contributed by atoms with van der Waals surface area (Å²) in [6.45, 7) is 4.94. The van der Waals surface area contributed by atoms with Crippen molar-refractivity contribution in [3.63, 3.8) is 0 Å². The Bertz CT molecular complexity index is 640. The molecule has 0 saturated heterocycles. The second-order valence-corrected chi connectivity index (χ2v) is 7.26. The zero-order valence-electron chi connectivity index (χ0n) is 12.2. The maximum Gasteiger partial charge on any atom is 0.269 e. The van der Waals surface area contributed by atoms with Crippen molar-refractivity contribution in [3.8, 4) is 0 Å². The number of hydrogen-bond donors (Lipinski definition) is 1. The Morgan fingerprint density at radius 2 is 2.00 bits per heavy atom. The van der Waals surface area contributed by atoms with Crippen molar-refractivity contribution in [2.45, 2.75) is 25.2 Å². The molecule has 2 N–H and O–H groups in total. The highest BCUT2D eigenvalue weighted by Gasteiger charge is 2.40. The molecule has 116 valence electrons. The van der Waals surface area contributed by atoms with Crippen LogP contribution in [0.4, 0.5) is 5.69 Å². The standard InChI is InChI=1S/C14H20N2O4S/c1-10(2)5-7-20-8-6-16-14(17)12-4-3-11(15)9-13(12)21(16,18)19/h3-4,9-10H,5-8,15H2,1-2H3. The van der Waals surface area contributed by atoms with E-state index in [0.29, 0.717) is 18.2 Å². The van der Waals surface area contributed by atoms with Crippen LogP contribution in [-0.2, 0) is 14.8 Å². The van der Waals surface area contributed by atoms with Crippen molar-refractivity contribution < 1.29 is 17.9 Å². The number of carbonyl (C=O) groups is 1. The molecule has 1 aromatic carbocycles. The van der Waals surface area contributed by atoms with Crippen LogP contribution in [0.5, 0.6) is 0 Å². The van der Waals surface area contributed by atoms with Crippen molar-refractivity contribution in [2.75, 3.05) is 25.5 Å². The molecule has 6 nitrogen and oxygen atoms in total. The van der Waals surface area contributed by atoms with Crippen LogP contribution in [0.15, 0.2) is 23.1 Å². The normalized spacial score (nSPS) is 16.5. The number of amides is 1. The molecule has 0 saturated carbocycles. The maximum absolute atomic E-state index is 12.3. The van der Waals surface area contributed by atoms with E-state index in [-0.39, 0.29) is 23.6 Å². The summed E-state index contributed by atoms with van der Waals surface area (Å²) >= 11 is 0. The minimum absolute atomic E-state index is 0.0188. The smallest absolute Gasteiger partial charge is 0.269 e. The van der Waals surface area contributed by atoms with E-state index >= 15 is 0 Å². The summed E-state index contributed by atoms with van der Waals surface area (Å²) in [7, 11) is -3.80. The number of benzene rings is 1. The van der Waals surface area contributed by atoms with Crippen molar-refractivity contribution in [3.05, 3.63) is 23.8 Å². The van der Waals surface area contributed by atoms with Gasteiger partial charge in [-0.2, -0.15) is 0 Å². The average Bonchev–Trinajstić information content (AvgIpc) is 2.58. The molecule has 1 aliphatic heterocycles. The Labute approximate surface area is 124 Å². The Morgan fingerprint density at radius 1 is 1.29 bits per heavy atom. The van der Waals surface area contributed by atoms with E-state index in [4.69, 9.17) is 10.5 Å². The van der Waals surface area contributed by atoms with Gasteiger partial charge in [-0.3, -0.25) is 4.79 Å². The van der Waals surface area contributed by atoms with Crippen LogP contribution in [-0.4, -0.2) is 38.4 Å². The van der Waals surface area contributed by atoms with Gasteiger partial charge in [0.15, 0.2) is 0 Å². The second-order valence-electron chi connectivity index (χ2n) is 5.43. The van der Waals surface area contributed by atoms with Gasteiger partial charge < -0.3 is 10.5 Å². The highest BCUT2D eigenvalue weighted by atomic mass is 32.2. The zero-order chi connectivity index (χ0) is 15.6. The molecule has 0 radical (unpaired) electrons. The number of nitrogens with two attached hydrogens (primary N) is 1. The first-order chi connectivity index (χ1) is 9.84. The second kappa shape index (κ2) is 6.03. The minimum atomic E-state index is -3.80. The molecule has 7 heteroatoms. The van der Waals surface area contributed by atoms with Gasteiger partial charge in [-0.15, -0.1) is 0 Å². The summed E-state index contributed by atoms with van der Waals surface area (Å²) < 4.78 is 30.9. The van der Waals surface area contributed by atoms with Crippen LogP contribution >= 0.6 is 0 Å². The number of nitrogen functional groups attached to an aromatic ring is 1. The van der Waals surface area contributed by atoms with E-state index in [1.165, 1.54) is 18.2 Å². The predicted octanol–water partition coefficient (Wildman–Crippen LogP) is 1.48. The first-order valence-electron chi connectivity index (χ1n) is 6.88. The Kier molecular flexibility index (Phi) is 4.53. The Hall–Kier alpha value is -1.60. The molecule has 0 atom stereocenters. The van der Waals surface area contributed by atoms with Crippen LogP contribution in [0.25, 0.3) is 0 Å². The van der Waals surface area contributed by atoms with E-state index in [0.717, 1.165) is 10.7 Å². The lowest BCUT2D eigenvalue weighted by molar-refractivity contribution is 0.0785. The van der Waals surface area contributed by atoms with Crippen LogP contribution in [0.1, 0.15) is 30.6 Å². The van der Waals surface area contributed by atoms with E-state index in [2.05, 4.69) is 13.8 Å². The number of anilines is 1. The van der Waals surface area contributed by atoms with Gasteiger partial charge >= 0.3 is 0 Å². The van der Waals surface area contributed by atoms with E-state index in [9.17, 15) is 13.2 Å². The van der Waals surface area contributed by atoms with Crippen LogP contribution in [0.3, 0.4) is 0 Å². The summed E-state index contributed by atoms with van der Waals surface area (Å²) in [5.41, 5.74) is 6.08. The molecule has 0 aliphatic carbocycles. The van der Waals surface area contributed by atoms with Gasteiger partial charge in [0.25, 0.3) is 15.9 Å². The van der Waals surface area contributed by atoms with Crippen molar-refractivity contribution >= 4 is 21.6 Å². The fraction of sp³-hybridized carbons (Fsp3) is 0.500. The van der Waals surface area contributed by atoms with Gasteiger partial charge in [0.2, 0.25) is 0 Å². The molecule has 0 unspecified atom stereocenters. The summed E-state index contributed by atoms with van der Waals surface area (Å²) in [6.07, 6.45) is 0.900. The molecule has 2 rings (SSSR count). The molecule has 1 amide bonds. The highest BCUT2D eigenvalue weighted by Crippen LogP contribution is 2.31. The van der Waals surface area contributed by atoms with Crippen LogP contribution in [0.2, 0.25) is 0 Å². The van der Waals surface area contributed by atoms with Crippen molar-refractivity contribution in [2.24, 2.45) is 5.92 Å². The predicted molar refractivity (Wildman–Crippen MR) is 79.4 cm³/mol. The molecule has 1 aliphatic rings. The van der Waals surface area contributed by atoms with E-state index in [1.54, 1.807) is 0 Å². The van der Waals surface area contributed by atoms with Gasteiger partial charge in [0, 0.05) is 12.3 Å². The third-order valence-corrected chi connectivity index (χ3v) is 5.13. The number of rotatable bonds is 6. The Morgan fingerprint density at radius 3 is 2.67 bits per heavy atom. The zero-order valence-corrected chi connectivity index (χ0v) is 13.0. The lowest BCUT2D eigenvalue weighted by atomic mass is 10.1. The molecule has 0 aromatic heterocycles. The molecular formula is C14H20N2O4S. The monoisotopic (exact) mass is 312 g/mol. The van der Waals surface area contributed by atoms with Gasteiger partial charge in [-0.25, -0.2) is 12.7 Å². The molecule has 1 heterocycles. The number of sulfonamides is 1. The molecule has 0 spiro atoms. The summed E-state index contributed by atoms with van der Waals surface area (Å²) in [6, 6.07) is 4.29. The Balaban J connectivity index is 2.04. The third-order valence-electron chi connectivity index (χ3n) is 3.31. The molecular weight excluding hydrogens is 292 g/mol. The lowest BCUT2D eigenvalue weighted by Crippen LogP contribution is -2.33. The molecule has 0 bridgehead atoms. The first-order valence-corrected chi connectivity index (χ1v) is 8.32. The number of nitrogens with zero attached hydrogens (tertiary/aromatic N) is 1. The summed E-state index contributed by atoms with van der Waals surface area (Å²) in [5, 5.41) is 0. The first kappa shape index (κ1) is 15.8. The van der Waals surface area contributed by atoms with Crippen LogP contribution in [0, 0.1) is 5.92 Å². The highest BCUT2D eigenvalue weighted by molar-refractivity contribution is 7.90. The maximum atomic E-state index is 12.3. The van der Waals surface area contributed by atoms with Gasteiger partial charge in [0.05, 0.1) is 18.7 Å². The number of carbonyl (C=O) groups excluding carboxylic acids is 1. The van der Waals surface area contributed by atoms with Crippen molar-refractivity contribution in [1.29, 1.82) is 0 Å². The number of hydrogen-bond acceptors (Lipinski definition) is 5. The summed E-state index contributed by atoms with van der Waals surface area (Å²) in [4.78, 5) is 12.1. The van der Waals surface area contributed by atoms with Crippen LogP contribution < -0.4 is 5.73 Å². The lowest BCUT2D eigenvalue weighted by Gasteiger charge is -2.15. The quantitative estimate of drug-likeness (QED) is 0.634. The molecule has 21 heavy (non-hydrogen) atoms. The number of ether oxygens (including phenoxy) is 1. The fourth-order valence-electron chi connectivity index (χ4n) is 2.08. The fourth-order valence-corrected chi connectivity index (χ4v) is 3.67. The number of fused-ring (bicyclic) bond motifs is 1. The van der Waals surface area contributed by atoms with E-state index in [1.807, 2.05) is 0 Å². The third kappa shape index (κ3) is 3.19. The molecule has 0 fully saturated rings. The van der Waals surface area contributed by atoms with E-state index < -0.39 is 15.9 Å². The topological polar surface area (TPSA) is 89.7 Å².